The lowest BCUT2D eigenvalue weighted by atomic mass is 10.00. The van der Waals surface area contributed by atoms with Gasteiger partial charge in [-0.2, -0.15) is 0 Å². The van der Waals surface area contributed by atoms with E-state index in [0.29, 0.717) is 12.1 Å². The second-order valence-electron chi connectivity index (χ2n) is 3.95. The molecule has 0 rings (SSSR count). The smallest absolute Gasteiger partial charge is 0.0699 e. The van der Waals surface area contributed by atoms with Gasteiger partial charge in [-0.1, -0.05) is 20.8 Å². The molecular weight excluding hydrogens is 162 g/mol. The highest BCUT2D eigenvalue weighted by Gasteiger charge is 2.17. The predicted octanol–water partition coefficient (Wildman–Crippen LogP) is 2.44. The van der Waals surface area contributed by atoms with Crippen LogP contribution in [0.3, 0.4) is 0 Å². The second kappa shape index (κ2) is 7.34. The third kappa shape index (κ3) is 6.05. The summed E-state index contributed by atoms with van der Waals surface area (Å²) in [5.41, 5.74) is 0. The number of rotatable bonds is 7. The number of ether oxygens (including phenoxy) is 1. The molecule has 0 saturated carbocycles. The van der Waals surface area contributed by atoms with Crippen molar-refractivity contribution in [3.05, 3.63) is 0 Å². The first-order valence-corrected chi connectivity index (χ1v) is 5.46. The first-order valence-electron chi connectivity index (χ1n) is 5.46. The van der Waals surface area contributed by atoms with E-state index in [1.54, 1.807) is 0 Å². The van der Waals surface area contributed by atoms with Gasteiger partial charge in [-0.05, 0) is 32.7 Å². The Bertz CT molecular complexity index is 115. The summed E-state index contributed by atoms with van der Waals surface area (Å²) >= 11 is 0. The van der Waals surface area contributed by atoms with Crippen molar-refractivity contribution in [3.63, 3.8) is 0 Å². The average Bonchev–Trinajstić information content (AvgIpc) is 2.03. The molecule has 0 spiro atoms. The minimum Gasteiger partial charge on any atom is -0.377 e. The monoisotopic (exact) mass is 187 g/mol. The zero-order chi connectivity index (χ0) is 10.3. The topological polar surface area (TPSA) is 21.3 Å². The van der Waals surface area contributed by atoms with Crippen LogP contribution in [-0.2, 0) is 4.74 Å². The molecule has 0 aliphatic carbocycles. The molecule has 0 radical (unpaired) electrons. The Morgan fingerprint density at radius 2 is 1.77 bits per heavy atom. The van der Waals surface area contributed by atoms with Crippen LogP contribution in [0, 0.1) is 5.92 Å². The van der Waals surface area contributed by atoms with E-state index in [2.05, 4.69) is 39.9 Å². The summed E-state index contributed by atoms with van der Waals surface area (Å²) in [6.07, 6.45) is 1.52. The summed E-state index contributed by atoms with van der Waals surface area (Å²) in [5, 5.41) is 3.47. The van der Waals surface area contributed by atoms with Crippen molar-refractivity contribution >= 4 is 0 Å². The number of nitrogens with one attached hydrogen (secondary N) is 1. The van der Waals surface area contributed by atoms with Crippen LogP contribution in [-0.4, -0.2) is 25.3 Å². The van der Waals surface area contributed by atoms with Gasteiger partial charge in [0.15, 0.2) is 0 Å². The molecule has 0 saturated heterocycles. The lowest BCUT2D eigenvalue weighted by molar-refractivity contribution is 0.0423. The number of likely N-dealkylation sites (N-methyl/N-ethyl adjacent to an activating group) is 1. The minimum atomic E-state index is 0.326. The molecule has 2 nitrogen and oxygen atoms in total. The van der Waals surface area contributed by atoms with Crippen molar-refractivity contribution in [2.45, 2.75) is 53.2 Å². The van der Waals surface area contributed by atoms with Gasteiger partial charge in [0.2, 0.25) is 0 Å². The lowest BCUT2D eigenvalue weighted by Gasteiger charge is -2.26. The molecule has 0 amide bonds. The lowest BCUT2D eigenvalue weighted by Crippen LogP contribution is -2.40. The van der Waals surface area contributed by atoms with Crippen molar-refractivity contribution in [2.75, 3.05) is 13.2 Å². The quantitative estimate of drug-likeness (QED) is 0.661. The molecule has 13 heavy (non-hydrogen) atoms. The van der Waals surface area contributed by atoms with E-state index in [1.165, 1.54) is 6.42 Å². The van der Waals surface area contributed by atoms with E-state index in [-0.39, 0.29) is 0 Å². The average molecular weight is 187 g/mol. The SMILES string of the molecule is CCNC(CC(C)C)C(C)OCC. The molecule has 80 valence electrons. The Hall–Kier alpha value is -0.0800. The third-order valence-corrected chi connectivity index (χ3v) is 2.19. The molecule has 2 atom stereocenters. The molecule has 2 heteroatoms. The van der Waals surface area contributed by atoms with Crippen LogP contribution in [0.5, 0.6) is 0 Å². The largest absolute Gasteiger partial charge is 0.377 e. The van der Waals surface area contributed by atoms with Crippen molar-refractivity contribution in [3.8, 4) is 0 Å². The highest BCUT2D eigenvalue weighted by Crippen LogP contribution is 2.10. The highest BCUT2D eigenvalue weighted by molar-refractivity contribution is 4.74. The first-order chi connectivity index (χ1) is 6.11. The van der Waals surface area contributed by atoms with Gasteiger partial charge in [0.05, 0.1) is 6.10 Å². The normalized spacial score (nSPS) is 16.2. The van der Waals surface area contributed by atoms with Crippen LogP contribution in [0.2, 0.25) is 0 Å². The third-order valence-electron chi connectivity index (χ3n) is 2.19. The molecule has 0 aromatic rings. The molecule has 0 aromatic heterocycles. The van der Waals surface area contributed by atoms with Crippen molar-refractivity contribution in [2.24, 2.45) is 5.92 Å². The highest BCUT2D eigenvalue weighted by atomic mass is 16.5. The molecule has 0 bridgehead atoms. The van der Waals surface area contributed by atoms with Crippen LogP contribution in [0.1, 0.15) is 41.0 Å². The van der Waals surface area contributed by atoms with Crippen LogP contribution >= 0.6 is 0 Å². The van der Waals surface area contributed by atoms with Gasteiger partial charge in [-0.15, -0.1) is 0 Å². The molecular formula is C11H25NO. The Labute approximate surface area is 83.1 Å². The molecule has 2 unspecified atom stereocenters. The minimum absolute atomic E-state index is 0.326. The summed E-state index contributed by atoms with van der Waals surface area (Å²) in [6.45, 7) is 12.7. The van der Waals surface area contributed by atoms with E-state index >= 15 is 0 Å². The summed E-state index contributed by atoms with van der Waals surface area (Å²) in [5.74, 6) is 0.729. The Kier molecular flexibility index (Phi) is 7.29. The predicted molar refractivity (Wildman–Crippen MR) is 58.0 cm³/mol. The molecule has 1 N–H and O–H groups in total. The first kappa shape index (κ1) is 12.9. The van der Waals surface area contributed by atoms with E-state index in [0.717, 1.165) is 19.1 Å². The maximum Gasteiger partial charge on any atom is 0.0699 e. The van der Waals surface area contributed by atoms with E-state index < -0.39 is 0 Å². The van der Waals surface area contributed by atoms with Gasteiger partial charge in [0, 0.05) is 12.6 Å². The van der Waals surface area contributed by atoms with Gasteiger partial charge in [-0.25, -0.2) is 0 Å². The number of hydrogen-bond donors (Lipinski definition) is 1. The Balaban J connectivity index is 3.90. The standard InChI is InChI=1S/C11H25NO/c1-6-12-11(8-9(3)4)10(5)13-7-2/h9-12H,6-8H2,1-5H3. The summed E-state index contributed by atoms with van der Waals surface area (Å²) < 4.78 is 5.59. The fourth-order valence-corrected chi connectivity index (χ4v) is 1.59. The van der Waals surface area contributed by atoms with Gasteiger partial charge in [-0.3, -0.25) is 0 Å². The maximum absolute atomic E-state index is 5.59. The van der Waals surface area contributed by atoms with Gasteiger partial charge >= 0.3 is 0 Å². The van der Waals surface area contributed by atoms with Crippen molar-refractivity contribution < 1.29 is 4.74 Å². The maximum atomic E-state index is 5.59. The molecule has 0 aliphatic heterocycles. The van der Waals surface area contributed by atoms with Crippen LogP contribution in [0.4, 0.5) is 0 Å². The summed E-state index contributed by atoms with van der Waals surface area (Å²) in [7, 11) is 0. The van der Waals surface area contributed by atoms with Crippen molar-refractivity contribution in [1.29, 1.82) is 0 Å². The Morgan fingerprint density at radius 1 is 1.15 bits per heavy atom. The fourth-order valence-electron chi connectivity index (χ4n) is 1.59. The molecule has 0 heterocycles. The van der Waals surface area contributed by atoms with Gasteiger partial charge in [0.1, 0.15) is 0 Å². The zero-order valence-electron chi connectivity index (χ0n) is 9.76. The van der Waals surface area contributed by atoms with Crippen molar-refractivity contribution in [1.82, 2.24) is 5.32 Å². The van der Waals surface area contributed by atoms with Crippen LogP contribution in [0.25, 0.3) is 0 Å². The zero-order valence-corrected chi connectivity index (χ0v) is 9.76. The molecule has 0 aliphatic rings. The van der Waals surface area contributed by atoms with E-state index in [1.807, 2.05) is 0 Å². The van der Waals surface area contributed by atoms with Crippen LogP contribution < -0.4 is 5.32 Å². The fraction of sp³-hybridized carbons (Fsp3) is 1.00. The van der Waals surface area contributed by atoms with E-state index in [9.17, 15) is 0 Å². The number of hydrogen-bond acceptors (Lipinski definition) is 2. The van der Waals surface area contributed by atoms with Crippen LogP contribution in [0.15, 0.2) is 0 Å². The molecule has 0 aromatic carbocycles. The summed E-state index contributed by atoms with van der Waals surface area (Å²) in [6, 6.07) is 0.505. The molecule has 0 fully saturated rings. The van der Waals surface area contributed by atoms with Gasteiger partial charge in [0.25, 0.3) is 0 Å². The Morgan fingerprint density at radius 3 is 2.15 bits per heavy atom. The van der Waals surface area contributed by atoms with Gasteiger partial charge < -0.3 is 10.1 Å². The van der Waals surface area contributed by atoms with E-state index in [4.69, 9.17) is 4.74 Å². The second-order valence-corrected chi connectivity index (χ2v) is 3.95. The summed E-state index contributed by atoms with van der Waals surface area (Å²) in [4.78, 5) is 0.